The van der Waals surface area contributed by atoms with Crippen LogP contribution >= 0.6 is 0 Å². The smallest absolute Gasteiger partial charge is 0.255 e. The lowest BCUT2D eigenvalue weighted by atomic mass is 10.1. The van der Waals surface area contributed by atoms with Crippen LogP contribution in [0.15, 0.2) is 97.5 Å². The first-order chi connectivity index (χ1) is 21.4. The predicted octanol–water partition coefficient (Wildman–Crippen LogP) is 7.41. The van der Waals surface area contributed by atoms with Crippen LogP contribution in [-0.2, 0) is 7.05 Å². The van der Waals surface area contributed by atoms with Crippen LogP contribution in [0.4, 0.5) is 17.3 Å². The van der Waals surface area contributed by atoms with E-state index in [0.29, 0.717) is 29.7 Å². The molecule has 1 amide bonds. The number of anilines is 3. The second-order valence-corrected chi connectivity index (χ2v) is 10.3. The lowest BCUT2D eigenvalue weighted by Gasteiger charge is -2.12. The van der Waals surface area contributed by atoms with Crippen LogP contribution in [0.1, 0.15) is 22.8 Å². The molecule has 220 valence electrons. The van der Waals surface area contributed by atoms with E-state index in [1.54, 1.807) is 13.3 Å². The molecule has 0 unspecified atom stereocenters. The van der Waals surface area contributed by atoms with Gasteiger partial charge in [0.25, 0.3) is 5.91 Å². The molecule has 3 aromatic heterocycles. The average molecular weight is 585 g/mol. The molecular weight excluding hydrogens is 552 g/mol. The molecule has 0 aliphatic heterocycles. The monoisotopic (exact) mass is 584 g/mol. The highest BCUT2D eigenvalue weighted by Crippen LogP contribution is 2.32. The number of ether oxygens (including phenoxy) is 2. The molecule has 0 spiro atoms. The zero-order valence-corrected chi connectivity index (χ0v) is 25.0. The summed E-state index contributed by atoms with van der Waals surface area (Å²) in [7, 11) is 3.63. The van der Waals surface area contributed by atoms with Crippen molar-refractivity contribution in [2.24, 2.45) is 7.05 Å². The summed E-state index contributed by atoms with van der Waals surface area (Å²) < 4.78 is 12.8. The van der Waals surface area contributed by atoms with E-state index in [9.17, 15) is 4.79 Å². The number of nitrogens with zero attached hydrogens (tertiary/aromatic N) is 4. The van der Waals surface area contributed by atoms with Crippen molar-refractivity contribution in [3.63, 3.8) is 0 Å². The van der Waals surface area contributed by atoms with Crippen LogP contribution < -0.4 is 20.1 Å². The number of fused-ring (bicyclic) bond motifs is 1. The van der Waals surface area contributed by atoms with Gasteiger partial charge in [-0.25, -0.2) is 15.0 Å². The van der Waals surface area contributed by atoms with Crippen molar-refractivity contribution >= 4 is 34.1 Å². The van der Waals surface area contributed by atoms with Gasteiger partial charge in [0.2, 0.25) is 11.8 Å². The summed E-state index contributed by atoms with van der Waals surface area (Å²) in [4.78, 5) is 26.8. The van der Waals surface area contributed by atoms with Crippen molar-refractivity contribution in [1.82, 2.24) is 19.5 Å². The third-order valence-electron chi connectivity index (χ3n) is 7.38. The number of amides is 1. The Balaban J connectivity index is 1.20. The number of rotatable bonds is 9. The zero-order valence-electron chi connectivity index (χ0n) is 25.0. The first kappa shape index (κ1) is 28.4. The van der Waals surface area contributed by atoms with E-state index in [2.05, 4.69) is 31.8 Å². The fourth-order valence-electron chi connectivity index (χ4n) is 5.03. The van der Waals surface area contributed by atoms with Crippen molar-refractivity contribution in [3.8, 4) is 34.0 Å². The summed E-state index contributed by atoms with van der Waals surface area (Å²) >= 11 is 0. The Morgan fingerprint density at radius 2 is 1.75 bits per heavy atom. The van der Waals surface area contributed by atoms with E-state index in [-0.39, 0.29) is 5.91 Å². The van der Waals surface area contributed by atoms with Crippen molar-refractivity contribution < 1.29 is 14.3 Å². The summed E-state index contributed by atoms with van der Waals surface area (Å²) in [5, 5.41) is 7.39. The number of carbonyl (C=O) groups excluding carboxylic acids is 1. The highest BCUT2D eigenvalue weighted by atomic mass is 16.5. The average Bonchev–Trinajstić information content (AvgIpc) is 3.38. The summed E-state index contributed by atoms with van der Waals surface area (Å²) in [6, 6.07) is 24.9. The standard InChI is InChI=1S/C35H32N6O3/c1-5-44-33-15-10-25(20-37-33)29-21-41(3)32-19-26(11-14-28(29)32)38-34(42)24-7-6-22(2)31(18-24)40-35-36-17-16-30(39-35)23-8-12-27(43-4)13-9-23/h6-21H,5H2,1-4H3,(H,38,42)(H,36,39,40). The lowest BCUT2D eigenvalue weighted by Crippen LogP contribution is -2.12. The SMILES string of the molecule is CCOc1ccc(-c2cn(C)c3cc(NC(=O)c4ccc(C)c(Nc5nccc(-c6ccc(OC)cc6)n5)c4)ccc23)cn1. The maximum Gasteiger partial charge on any atom is 0.255 e. The summed E-state index contributed by atoms with van der Waals surface area (Å²) in [5.41, 5.74) is 7.68. The van der Waals surface area contributed by atoms with Gasteiger partial charge in [0, 0.05) is 70.7 Å². The van der Waals surface area contributed by atoms with Gasteiger partial charge in [0.05, 0.1) is 24.9 Å². The van der Waals surface area contributed by atoms with Gasteiger partial charge in [-0.2, -0.15) is 0 Å². The molecule has 0 bridgehead atoms. The van der Waals surface area contributed by atoms with E-state index in [1.165, 1.54) is 0 Å². The second kappa shape index (κ2) is 12.3. The maximum atomic E-state index is 13.3. The molecule has 44 heavy (non-hydrogen) atoms. The lowest BCUT2D eigenvalue weighted by molar-refractivity contribution is 0.102. The molecule has 0 radical (unpaired) electrons. The first-order valence-electron chi connectivity index (χ1n) is 14.3. The topological polar surface area (TPSA) is 103 Å². The van der Waals surface area contributed by atoms with Crippen molar-refractivity contribution in [2.45, 2.75) is 13.8 Å². The number of carbonyl (C=O) groups is 1. The summed E-state index contributed by atoms with van der Waals surface area (Å²) in [5.74, 6) is 1.60. The molecule has 3 heterocycles. The quantitative estimate of drug-likeness (QED) is 0.182. The minimum Gasteiger partial charge on any atom is -0.497 e. The van der Waals surface area contributed by atoms with Crippen molar-refractivity contribution in [2.75, 3.05) is 24.4 Å². The van der Waals surface area contributed by atoms with Crippen LogP contribution in [0.25, 0.3) is 33.3 Å². The Morgan fingerprint density at radius 1 is 0.932 bits per heavy atom. The van der Waals surface area contributed by atoms with Gasteiger partial charge in [-0.05, 0) is 80.1 Å². The van der Waals surface area contributed by atoms with Gasteiger partial charge < -0.3 is 24.7 Å². The fourth-order valence-corrected chi connectivity index (χ4v) is 5.03. The second-order valence-electron chi connectivity index (χ2n) is 10.3. The maximum absolute atomic E-state index is 13.3. The minimum absolute atomic E-state index is 0.217. The highest BCUT2D eigenvalue weighted by Gasteiger charge is 2.14. The number of nitrogens with one attached hydrogen (secondary N) is 2. The number of methoxy groups -OCH3 is 1. The molecular formula is C35H32N6O3. The van der Waals surface area contributed by atoms with Gasteiger partial charge in [-0.1, -0.05) is 12.1 Å². The normalized spacial score (nSPS) is 10.9. The number of aromatic nitrogens is 4. The predicted molar refractivity (Wildman–Crippen MR) is 174 cm³/mol. The summed E-state index contributed by atoms with van der Waals surface area (Å²) in [6.45, 7) is 4.48. The van der Waals surface area contributed by atoms with Gasteiger partial charge in [0.1, 0.15) is 5.75 Å². The molecule has 0 aliphatic rings. The van der Waals surface area contributed by atoms with Gasteiger partial charge in [-0.3, -0.25) is 4.79 Å². The van der Waals surface area contributed by atoms with E-state index < -0.39 is 0 Å². The van der Waals surface area contributed by atoms with Crippen LogP contribution in [0, 0.1) is 6.92 Å². The number of hydrogen-bond acceptors (Lipinski definition) is 7. The number of hydrogen-bond donors (Lipinski definition) is 2. The summed E-state index contributed by atoms with van der Waals surface area (Å²) in [6.07, 6.45) is 5.59. The fraction of sp³-hybridized carbons (Fsp3) is 0.143. The molecule has 0 atom stereocenters. The minimum atomic E-state index is -0.217. The van der Waals surface area contributed by atoms with Crippen LogP contribution in [0.3, 0.4) is 0 Å². The van der Waals surface area contributed by atoms with E-state index in [0.717, 1.165) is 50.3 Å². The molecule has 0 saturated carbocycles. The van der Waals surface area contributed by atoms with E-state index in [1.807, 2.05) is 111 Å². The number of benzene rings is 3. The Kier molecular flexibility index (Phi) is 7.92. The molecule has 6 aromatic rings. The van der Waals surface area contributed by atoms with Crippen LogP contribution in [0.5, 0.6) is 11.6 Å². The molecule has 2 N–H and O–H groups in total. The van der Waals surface area contributed by atoms with E-state index in [4.69, 9.17) is 9.47 Å². The molecule has 0 saturated heterocycles. The van der Waals surface area contributed by atoms with Gasteiger partial charge in [0.15, 0.2) is 0 Å². The zero-order chi connectivity index (χ0) is 30.6. The van der Waals surface area contributed by atoms with Crippen LogP contribution in [-0.4, -0.2) is 39.1 Å². The molecule has 0 aliphatic carbocycles. The number of aryl methyl sites for hydroxylation is 2. The third-order valence-corrected chi connectivity index (χ3v) is 7.38. The van der Waals surface area contributed by atoms with E-state index >= 15 is 0 Å². The molecule has 9 heteroatoms. The molecule has 6 rings (SSSR count). The third kappa shape index (κ3) is 5.94. The molecule has 9 nitrogen and oxygen atoms in total. The Morgan fingerprint density at radius 3 is 2.50 bits per heavy atom. The first-order valence-corrected chi connectivity index (χ1v) is 14.3. The van der Waals surface area contributed by atoms with Crippen molar-refractivity contribution in [1.29, 1.82) is 0 Å². The Bertz CT molecular complexity index is 1950. The Hall–Kier alpha value is -5.70. The van der Waals surface area contributed by atoms with Crippen molar-refractivity contribution in [3.05, 3.63) is 109 Å². The Labute approximate surface area is 255 Å². The van der Waals surface area contributed by atoms with Gasteiger partial charge in [-0.15, -0.1) is 0 Å². The van der Waals surface area contributed by atoms with Crippen LogP contribution in [0.2, 0.25) is 0 Å². The highest BCUT2D eigenvalue weighted by molar-refractivity contribution is 6.06. The number of pyridine rings is 1. The molecule has 3 aromatic carbocycles. The van der Waals surface area contributed by atoms with Gasteiger partial charge >= 0.3 is 0 Å². The molecule has 0 fully saturated rings. The largest absolute Gasteiger partial charge is 0.497 e.